The molecule has 0 radical (unpaired) electrons. The van der Waals surface area contributed by atoms with Crippen LogP contribution in [0.25, 0.3) is 5.69 Å². The molecule has 3 aromatic carbocycles. The van der Waals surface area contributed by atoms with Gasteiger partial charge in [-0.05, 0) is 65.6 Å². The van der Waals surface area contributed by atoms with Gasteiger partial charge in [-0.15, -0.1) is 0 Å². The summed E-state index contributed by atoms with van der Waals surface area (Å²) in [5.74, 6) is -1.46. The van der Waals surface area contributed by atoms with E-state index in [0.29, 0.717) is 11.4 Å². The Hall–Kier alpha value is -3.92. The minimum atomic E-state index is -0.892. The number of anilines is 2. The van der Waals surface area contributed by atoms with E-state index in [2.05, 4.69) is 63.3 Å². The summed E-state index contributed by atoms with van der Waals surface area (Å²) in [6.07, 6.45) is 1.87. The molecule has 1 heterocycles. The number of ether oxygens (including phenoxy) is 1. The van der Waals surface area contributed by atoms with E-state index in [9.17, 15) is 19.5 Å². The van der Waals surface area contributed by atoms with Gasteiger partial charge in [-0.3, -0.25) is 19.5 Å². The highest BCUT2D eigenvalue weighted by Gasteiger charge is 2.27. The quantitative estimate of drug-likeness (QED) is 0.126. The number of rotatable bonds is 11. The van der Waals surface area contributed by atoms with Crippen LogP contribution in [0.1, 0.15) is 75.9 Å². The molecule has 0 unspecified atom stereocenters. The van der Waals surface area contributed by atoms with Crippen LogP contribution in [0.3, 0.4) is 0 Å². The van der Waals surface area contributed by atoms with Crippen molar-refractivity contribution < 1.29 is 19.4 Å². The Morgan fingerprint density at radius 1 is 0.913 bits per heavy atom. The first-order valence-electron chi connectivity index (χ1n) is 14.8. The van der Waals surface area contributed by atoms with Gasteiger partial charge in [0.25, 0.3) is 11.8 Å². The number of aromatic nitrogens is 2. The molecule has 4 rings (SSSR count). The Morgan fingerprint density at radius 3 is 2.20 bits per heavy atom. The number of amides is 2. The van der Waals surface area contributed by atoms with Crippen LogP contribution in [0, 0.1) is 0 Å². The van der Waals surface area contributed by atoms with Crippen molar-refractivity contribution >= 4 is 58.1 Å². The molecular weight excluding hydrogens is 651 g/mol. The summed E-state index contributed by atoms with van der Waals surface area (Å²) >= 11 is 18.4. The number of carbonyl (C=O) groups is 2. The normalized spacial score (nSPS) is 11.8. The Balaban J connectivity index is 1.47. The molecule has 0 spiro atoms. The lowest BCUT2D eigenvalue weighted by molar-refractivity contribution is -0.118. The minimum absolute atomic E-state index is 0.00193. The monoisotopic (exact) mass is 686 g/mol. The molecule has 0 saturated carbocycles. The summed E-state index contributed by atoms with van der Waals surface area (Å²) in [5, 5.41) is 18.6. The second-order valence-corrected chi connectivity index (χ2v) is 13.5. The third kappa shape index (κ3) is 7.54. The molecule has 0 aliphatic carbocycles. The van der Waals surface area contributed by atoms with Gasteiger partial charge >= 0.3 is 5.56 Å². The van der Waals surface area contributed by atoms with Gasteiger partial charge in [0.2, 0.25) is 5.75 Å². The number of aromatic amines is 1. The zero-order chi connectivity index (χ0) is 34.0. The van der Waals surface area contributed by atoms with E-state index in [1.165, 1.54) is 29.8 Å². The fourth-order valence-electron chi connectivity index (χ4n) is 4.69. The Bertz CT molecular complexity index is 1820. The smallest absolute Gasteiger partial charge is 0.315 e. The summed E-state index contributed by atoms with van der Waals surface area (Å²) < 4.78 is 6.92. The second-order valence-electron chi connectivity index (χ2n) is 12.3. The van der Waals surface area contributed by atoms with Gasteiger partial charge in [0.15, 0.2) is 12.4 Å². The number of halogens is 3. The number of carbonyl (C=O) groups excluding carboxylic acids is 2. The molecule has 0 aliphatic heterocycles. The highest BCUT2D eigenvalue weighted by Crippen LogP contribution is 2.38. The average molecular weight is 688 g/mol. The van der Waals surface area contributed by atoms with Crippen molar-refractivity contribution in [2.24, 2.45) is 0 Å². The second kappa shape index (κ2) is 13.8. The zero-order valence-electron chi connectivity index (χ0n) is 26.5. The first kappa shape index (κ1) is 34.9. The van der Waals surface area contributed by atoms with Crippen molar-refractivity contribution in [1.82, 2.24) is 9.78 Å². The van der Waals surface area contributed by atoms with Crippen LogP contribution in [-0.2, 0) is 15.6 Å². The van der Waals surface area contributed by atoms with Gasteiger partial charge in [-0.25, -0.2) is 4.68 Å². The van der Waals surface area contributed by atoms with Gasteiger partial charge in [0.05, 0.1) is 10.0 Å². The average Bonchev–Trinajstić information content (AvgIpc) is 3.27. The van der Waals surface area contributed by atoms with Crippen molar-refractivity contribution in [3.63, 3.8) is 0 Å². The molecule has 2 amide bonds. The van der Waals surface area contributed by atoms with E-state index in [1.807, 2.05) is 12.1 Å². The number of nitrogens with zero attached hydrogens (tertiary/aromatic N) is 1. The standard InChI is InChI=1S/C34H37Cl3N4O5/c1-7-33(3,4)20-12-13-26(23(15-20)34(5,6)8-2)46-18-27(42)38-22-11-9-10-19(14-22)31(44)39-30-29(43)32(45)41(40-30)28-24(36)16-21(35)17-25(28)37/h9-17,40,43H,7-8,18H2,1-6H3,(H,38,42)(H,39,44). The zero-order valence-corrected chi connectivity index (χ0v) is 28.7. The van der Waals surface area contributed by atoms with Crippen LogP contribution in [-0.4, -0.2) is 33.3 Å². The summed E-state index contributed by atoms with van der Waals surface area (Å²) in [6, 6.07) is 15.1. The minimum Gasteiger partial charge on any atom is -0.500 e. The number of hydrogen-bond donors (Lipinski definition) is 4. The van der Waals surface area contributed by atoms with Gasteiger partial charge < -0.3 is 20.5 Å². The fraction of sp³-hybridized carbons (Fsp3) is 0.324. The van der Waals surface area contributed by atoms with Crippen LogP contribution in [0.4, 0.5) is 11.5 Å². The first-order valence-corrected chi connectivity index (χ1v) is 15.9. The van der Waals surface area contributed by atoms with Crippen molar-refractivity contribution in [3.8, 4) is 17.2 Å². The fourth-order valence-corrected chi connectivity index (χ4v) is 5.67. The maximum atomic E-state index is 13.1. The van der Waals surface area contributed by atoms with E-state index in [0.717, 1.165) is 23.1 Å². The van der Waals surface area contributed by atoms with E-state index in [1.54, 1.807) is 12.1 Å². The molecular formula is C34H37Cl3N4O5. The number of aromatic hydroxyl groups is 1. The molecule has 0 aliphatic rings. The van der Waals surface area contributed by atoms with E-state index in [-0.39, 0.29) is 49.6 Å². The van der Waals surface area contributed by atoms with Crippen molar-refractivity contribution in [2.75, 3.05) is 17.2 Å². The largest absolute Gasteiger partial charge is 0.500 e. The molecule has 0 atom stereocenters. The summed E-state index contributed by atoms with van der Waals surface area (Å²) in [4.78, 5) is 38.7. The van der Waals surface area contributed by atoms with Gasteiger partial charge in [0.1, 0.15) is 11.4 Å². The molecule has 0 fully saturated rings. The lowest BCUT2D eigenvalue weighted by Gasteiger charge is -2.30. The third-order valence-electron chi connectivity index (χ3n) is 8.34. The van der Waals surface area contributed by atoms with Crippen molar-refractivity contribution in [1.29, 1.82) is 0 Å². The highest BCUT2D eigenvalue weighted by molar-refractivity contribution is 6.40. The lowest BCUT2D eigenvalue weighted by atomic mass is 9.76. The van der Waals surface area contributed by atoms with Crippen molar-refractivity contribution in [3.05, 3.63) is 96.7 Å². The number of nitrogens with one attached hydrogen (secondary N) is 3. The van der Waals surface area contributed by atoms with Gasteiger partial charge in [0, 0.05) is 21.8 Å². The van der Waals surface area contributed by atoms with Crippen molar-refractivity contribution in [2.45, 2.75) is 65.2 Å². The molecule has 4 N–H and O–H groups in total. The van der Waals surface area contributed by atoms with Crippen LogP contribution < -0.4 is 20.9 Å². The number of benzene rings is 3. The topological polar surface area (TPSA) is 125 Å². The van der Waals surface area contributed by atoms with E-state index < -0.39 is 23.1 Å². The predicted molar refractivity (Wildman–Crippen MR) is 185 cm³/mol. The molecule has 4 aromatic rings. The molecule has 0 bridgehead atoms. The molecule has 12 heteroatoms. The molecule has 244 valence electrons. The Morgan fingerprint density at radius 2 is 1.57 bits per heavy atom. The van der Waals surface area contributed by atoms with Crippen LogP contribution in [0.5, 0.6) is 11.5 Å². The van der Waals surface area contributed by atoms with Gasteiger partial charge in [-0.2, -0.15) is 0 Å². The molecule has 46 heavy (non-hydrogen) atoms. The van der Waals surface area contributed by atoms with E-state index >= 15 is 0 Å². The number of H-pyrrole nitrogens is 1. The SMILES string of the molecule is CCC(C)(C)c1ccc(OCC(=O)Nc2cccc(C(=O)Nc3[nH]n(-c4c(Cl)cc(Cl)cc4Cl)c(=O)c3O)c2)c(C(C)(C)CC)c1. The Labute approximate surface area is 282 Å². The summed E-state index contributed by atoms with van der Waals surface area (Å²) in [7, 11) is 0. The van der Waals surface area contributed by atoms with Gasteiger partial charge in [-0.1, -0.05) is 94.5 Å². The predicted octanol–water partition coefficient (Wildman–Crippen LogP) is 8.48. The van der Waals surface area contributed by atoms with Crippen LogP contribution >= 0.6 is 34.8 Å². The lowest BCUT2D eigenvalue weighted by Crippen LogP contribution is -2.24. The molecule has 1 aromatic heterocycles. The van der Waals surface area contributed by atoms with Crippen LogP contribution in [0.15, 0.2) is 59.4 Å². The molecule has 0 saturated heterocycles. The third-order valence-corrected chi connectivity index (χ3v) is 9.13. The molecule has 9 nitrogen and oxygen atoms in total. The summed E-state index contributed by atoms with van der Waals surface area (Å²) in [6.45, 7) is 12.8. The van der Waals surface area contributed by atoms with Crippen LogP contribution in [0.2, 0.25) is 15.1 Å². The summed E-state index contributed by atoms with van der Waals surface area (Å²) in [5.41, 5.74) is 1.74. The first-order chi connectivity index (χ1) is 21.6. The highest BCUT2D eigenvalue weighted by atomic mass is 35.5. The Kier molecular flexibility index (Phi) is 10.5. The maximum absolute atomic E-state index is 13.1. The maximum Gasteiger partial charge on any atom is 0.315 e. The van der Waals surface area contributed by atoms with E-state index in [4.69, 9.17) is 39.5 Å². The number of hydrogen-bond acceptors (Lipinski definition) is 5.